The van der Waals surface area contributed by atoms with E-state index in [1.165, 1.54) is 0 Å². The molecular formula is C13H16BrFN2. The van der Waals surface area contributed by atoms with E-state index in [0.29, 0.717) is 11.3 Å². The SMILES string of the molecule is CN(CC(C)(C)C)c1ccc(C#N)c(Br)c1F. The molecule has 0 radical (unpaired) electrons. The second kappa shape index (κ2) is 5.05. The van der Waals surface area contributed by atoms with Crippen molar-refractivity contribution in [1.82, 2.24) is 0 Å². The van der Waals surface area contributed by atoms with Crippen LogP contribution in [0, 0.1) is 22.6 Å². The normalized spacial score (nSPS) is 11.1. The molecule has 0 atom stereocenters. The van der Waals surface area contributed by atoms with Gasteiger partial charge in [0.2, 0.25) is 0 Å². The van der Waals surface area contributed by atoms with Crippen molar-refractivity contribution >= 4 is 21.6 Å². The smallest absolute Gasteiger partial charge is 0.161 e. The van der Waals surface area contributed by atoms with Crippen molar-refractivity contribution in [3.05, 3.63) is 28.0 Å². The second-order valence-electron chi connectivity index (χ2n) is 5.29. The van der Waals surface area contributed by atoms with Crippen molar-refractivity contribution in [2.24, 2.45) is 5.41 Å². The van der Waals surface area contributed by atoms with Crippen LogP contribution in [0.15, 0.2) is 16.6 Å². The van der Waals surface area contributed by atoms with Crippen molar-refractivity contribution in [2.45, 2.75) is 20.8 Å². The van der Waals surface area contributed by atoms with E-state index in [4.69, 9.17) is 5.26 Å². The molecule has 17 heavy (non-hydrogen) atoms. The van der Waals surface area contributed by atoms with E-state index < -0.39 is 0 Å². The fourth-order valence-electron chi connectivity index (χ4n) is 1.72. The van der Waals surface area contributed by atoms with Crippen LogP contribution in [-0.4, -0.2) is 13.6 Å². The van der Waals surface area contributed by atoms with Crippen molar-refractivity contribution in [3.63, 3.8) is 0 Å². The predicted molar refractivity (Wildman–Crippen MR) is 71.5 cm³/mol. The lowest BCUT2D eigenvalue weighted by Crippen LogP contribution is -2.29. The molecule has 0 aliphatic carbocycles. The first-order valence-electron chi connectivity index (χ1n) is 5.35. The van der Waals surface area contributed by atoms with Crippen LogP contribution in [0.3, 0.4) is 0 Å². The third-order valence-electron chi connectivity index (χ3n) is 2.31. The van der Waals surface area contributed by atoms with Crippen LogP contribution < -0.4 is 4.90 Å². The summed E-state index contributed by atoms with van der Waals surface area (Å²) in [6.45, 7) is 7.03. The van der Waals surface area contributed by atoms with Gasteiger partial charge in [-0.1, -0.05) is 20.8 Å². The first-order valence-corrected chi connectivity index (χ1v) is 6.15. The average Bonchev–Trinajstić information content (AvgIpc) is 2.19. The molecule has 0 saturated carbocycles. The van der Waals surface area contributed by atoms with E-state index >= 15 is 0 Å². The lowest BCUT2D eigenvalue weighted by Gasteiger charge is -2.28. The van der Waals surface area contributed by atoms with Gasteiger partial charge in [0.05, 0.1) is 15.7 Å². The van der Waals surface area contributed by atoms with Gasteiger partial charge in [0.25, 0.3) is 0 Å². The van der Waals surface area contributed by atoms with Gasteiger partial charge in [-0.3, -0.25) is 0 Å². The van der Waals surface area contributed by atoms with Gasteiger partial charge in [0.1, 0.15) is 6.07 Å². The zero-order chi connectivity index (χ0) is 13.2. The van der Waals surface area contributed by atoms with Crippen LogP contribution in [0.25, 0.3) is 0 Å². The molecule has 0 aromatic heterocycles. The molecule has 4 heteroatoms. The Hall–Kier alpha value is -1.08. The van der Waals surface area contributed by atoms with Gasteiger partial charge in [-0.25, -0.2) is 4.39 Å². The third kappa shape index (κ3) is 3.44. The number of hydrogen-bond acceptors (Lipinski definition) is 2. The molecule has 1 rings (SSSR count). The zero-order valence-corrected chi connectivity index (χ0v) is 12.1. The zero-order valence-electron chi connectivity index (χ0n) is 10.5. The highest BCUT2D eigenvalue weighted by Gasteiger charge is 2.18. The maximum Gasteiger partial charge on any atom is 0.161 e. The van der Waals surface area contributed by atoms with Crippen LogP contribution in [-0.2, 0) is 0 Å². The Labute approximate surface area is 110 Å². The molecule has 0 fully saturated rings. The summed E-state index contributed by atoms with van der Waals surface area (Å²) in [4.78, 5) is 1.86. The van der Waals surface area contributed by atoms with Gasteiger partial charge < -0.3 is 4.90 Å². The molecule has 0 heterocycles. The fraction of sp³-hybridized carbons (Fsp3) is 0.462. The minimum Gasteiger partial charge on any atom is -0.372 e. The number of benzene rings is 1. The van der Waals surface area contributed by atoms with Crippen LogP contribution in [0.2, 0.25) is 0 Å². The molecule has 0 amide bonds. The summed E-state index contributed by atoms with van der Waals surface area (Å²) in [6.07, 6.45) is 0. The van der Waals surface area contributed by atoms with Crippen molar-refractivity contribution in [2.75, 3.05) is 18.5 Å². The number of nitrogens with zero attached hydrogens (tertiary/aromatic N) is 2. The van der Waals surface area contributed by atoms with Gasteiger partial charge in [-0.05, 0) is 33.5 Å². The summed E-state index contributed by atoms with van der Waals surface area (Å²) in [6, 6.07) is 5.21. The predicted octanol–water partition coefficient (Wildman–Crippen LogP) is 3.94. The summed E-state index contributed by atoms with van der Waals surface area (Å²) in [7, 11) is 1.85. The summed E-state index contributed by atoms with van der Waals surface area (Å²) in [5, 5.41) is 8.80. The van der Waals surface area contributed by atoms with Crippen molar-refractivity contribution in [1.29, 1.82) is 5.26 Å². The fourth-order valence-corrected chi connectivity index (χ4v) is 2.14. The number of anilines is 1. The first kappa shape index (κ1) is 14.0. The van der Waals surface area contributed by atoms with Crippen LogP contribution in [0.5, 0.6) is 0 Å². The molecule has 92 valence electrons. The monoisotopic (exact) mass is 298 g/mol. The quantitative estimate of drug-likeness (QED) is 0.827. The van der Waals surface area contributed by atoms with E-state index in [9.17, 15) is 4.39 Å². The van der Waals surface area contributed by atoms with Gasteiger partial charge >= 0.3 is 0 Å². The molecule has 0 saturated heterocycles. The molecule has 1 aromatic carbocycles. The van der Waals surface area contributed by atoms with E-state index in [2.05, 4.69) is 36.7 Å². The Morgan fingerprint density at radius 1 is 1.41 bits per heavy atom. The van der Waals surface area contributed by atoms with Crippen LogP contribution in [0.4, 0.5) is 10.1 Å². The van der Waals surface area contributed by atoms with Crippen molar-refractivity contribution < 1.29 is 4.39 Å². The molecule has 0 spiro atoms. The van der Waals surface area contributed by atoms with E-state index in [0.717, 1.165) is 6.54 Å². The molecule has 0 bridgehead atoms. The molecular weight excluding hydrogens is 283 g/mol. The summed E-state index contributed by atoms with van der Waals surface area (Å²) >= 11 is 3.11. The van der Waals surface area contributed by atoms with Gasteiger partial charge in [-0.15, -0.1) is 0 Å². The van der Waals surface area contributed by atoms with Gasteiger partial charge in [0, 0.05) is 13.6 Å². The minimum atomic E-state index is -0.379. The largest absolute Gasteiger partial charge is 0.372 e. The maximum atomic E-state index is 14.0. The topological polar surface area (TPSA) is 27.0 Å². The van der Waals surface area contributed by atoms with E-state index in [1.807, 2.05) is 18.0 Å². The Kier molecular flexibility index (Phi) is 4.16. The summed E-state index contributed by atoms with van der Waals surface area (Å²) < 4.78 is 14.3. The van der Waals surface area contributed by atoms with E-state index in [1.54, 1.807) is 12.1 Å². The lowest BCUT2D eigenvalue weighted by atomic mass is 9.96. The Morgan fingerprint density at radius 2 is 2.00 bits per heavy atom. The van der Waals surface area contributed by atoms with E-state index in [-0.39, 0.29) is 15.7 Å². The molecule has 0 unspecified atom stereocenters. The minimum absolute atomic E-state index is 0.0849. The lowest BCUT2D eigenvalue weighted by molar-refractivity contribution is 0.417. The van der Waals surface area contributed by atoms with Crippen LogP contribution in [0.1, 0.15) is 26.3 Å². The highest BCUT2D eigenvalue weighted by molar-refractivity contribution is 9.10. The molecule has 0 aliphatic rings. The molecule has 0 N–H and O–H groups in total. The van der Waals surface area contributed by atoms with Crippen LogP contribution >= 0.6 is 15.9 Å². The van der Waals surface area contributed by atoms with Gasteiger partial charge in [-0.2, -0.15) is 5.26 Å². The molecule has 0 aliphatic heterocycles. The highest BCUT2D eigenvalue weighted by atomic mass is 79.9. The average molecular weight is 299 g/mol. The van der Waals surface area contributed by atoms with Crippen molar-refractivity contribution in [3.8, 4) is 6.07 Å². The second-order valence-corrected chi connectivity index (χ2v) is 6.08. The number of halogens is 2. The third-order valence-corrected chi connectivity index (χ3v) is 3.08. The summed E-state index contributed by atoms with van der Waals surface area (Å²) in [5.74, 6) is -0.379. The first-order chi connectivity index (χ1) is 7.76. The number of hydrogen-bond donors (Lipinski definition) is 0. The summed E-state index contributed by atoms with van der Waals surface area (Å²) in [5.41, 5.74) is 0.905. The molecule has 1 aromatic rings. The Morgan fingerprint density at radius 3 is 2.47 bits per heavy atom. The Bertz CT molecular complexity index is 458. The standard InChI is InChI=1S/C13H16BrFN2/c1-13(2,3)8-17(4)10-6-5-9(7-16)11(14)12(10)15/h5-6H,8H2,1-4H3. The Balaban J connectivity index is 3.09. The maximum absolute atomic E-state index is 14.0. The number of nitriles is 1. The molecule has 2 nitrogen and oxygen atoms in total. The van der Waals surface area contributed by atoms with Gasteiger partial charge in [0.15, 0.2) is 5.82 Å². The highest BCUT2D eigenvalue weighted by Crippen LogP contribution is 2.30. The number of rotatable bonds is 2.